The van der Waals surface area contributed by atoms with Gasteiger partial charge >= 0.3 is 6.09 Å². The van der Waals surface area contributed by atoms with Crippen LogP contribution in [-0.2, 0) is 4.74 Å². The van der Waals surface area contributed by atoms with E-state index in [2.05, 4.69) is 25.8 Å². The zero-order valence-corrected chi connectivity index (χ0v) is 12.6. The highest BCUT2D eigenvalue weighted by molar-refractivity contribution is 6.08. The smallest absolute Gasteiger partial charge is 0.434 e. The molecule has 3 nitrogen and oxygen atoms in total. The van der Waals surface area contributed by atoms with E-state index in [9.17, 15) is 4.79 Å². The molecule has 1 aromatic carbocycles. The summed E-state index contributed by atoms with van der Waals surface area (Å²) in [4.78, 5) is 16.3. The number of aliphatic imine (C=N–C) groups is 1. The van der Waals surface area contributed by atoms with Gasteiger partial charge in [-0.05, 0) is 31.2 Å². The minimum atomic E-state index is -0.453. The second-order valence-electron chi connectivity index (χ2n) is 6.37. The van der Waals surface area contributed by atoms with Gasteiger partial charge in [-0.3, -0.25) is 0 Å². The quantitative estimate of drug-likeness (QED) is 0.738. The van der Waals surface area contributed by atoms with E-state index in [4.69, 9.17) is 4.74 Å². The van der Waals surface area contributed by atoms with Crippen LogP contribution in [0.25, 0.3) is 0 Å². The average molecular weight is 273 g/mol. The van der Waals surface area contributed by atoms with Gasteiger partial charge in [-0.15, -0.1) is 0 Å². The van der Waals surface area contributed by atoms with Crippen LogP contribution in [0.1, 0.15) is 52.0 Å². The number of hydrogen-bond acceptors (Lipinski definition) is 2. The second-order valence-corrected chi connectivity index (χ2v) is 6.37. The lowest BCUT2D eigenvalue weighted by Crippen LogP contribution is -2.24. The van der Waals surface area contributed by atoms with Crippen LogP contribution >= 0.6 is 0 Å². The van der Waals surface area contributed by atoms with Gasteiger partial charge in [0.15, 0.2) is 0 Å². The lowest BCUT2D eigenvalue weighted by atomic mass is 9.85. The lowest BCUT2D eigenvalue weighted by molar-refractivity contribution is 0.110. The van der Waals surface area contributed by atoms with Gasteiger partial charge in [-0.1, -0.05) is 51.1 Å². The van der Waals surface area contributed by atoms with Crippen LogP contribution in [-0.4, -0.2) is 17.9 Å². The summed E-state index contributed by atoms with van der Waals surface area (Å²) in [6.45, 7) is 6.17. The molecule has 0 bridgehead atoms. The van der Waals surface area contributed by atoms with E-state index in [1.165, 1.54) is 0 Å². The first-order valence-electron chi connectivity index (χ1n) is 7.32. The second kappa shape index (κ2) is 6.21. The van der Waals surface area contributed by atoms with Gasteiger partial charge < -0.3 is 4.74 Å². The van der Waals surface area contributed by atoms with E-state index in [1.807, 2.05) is 30.3 Å². The minimum absolute atomic E-state index is 0.0586. The van der Waals surface area contributed by atoms with Crippen LogP contribution in [0.2, 0.25) is 0 Å². The molecule has 1 aromatic rings. The van der Waals surface area contributed by atoms with Crippen molar-refractivity contribution >= 4 is 11.8 Å². The Kier molecular flexibility index (Phi) is 4.58. The van der Waals surface area contributed by atoms with Crippen molar-refractivity contribution in [2.24, 2.45) is 10.4 Å². The highest BCUT2D eigenvalue weighted by Crippen LogP contribution is 2.24. The third kappa shape index (κ3) is 3.92. The lowest BCUT2D eigenvalue weighted by Gasteiger charge is -2.21. The monoisotopic (exact) mass is 273 g/mol. The van der Waals surface area contributed by atoms with Crippen LogP contribution in [0.15, 0.2) is 35.3 Å². The van der Waals surface area contributed by atoms with Gasteiger partial charge in [0.2, 0.25) is 0 Å². The predicted octanol–water partition coefficient (Wildman–Crippen LogP) is 4.60. The molecule has 1 aliphatic rings. The molecule has 1 fully saturated rings. The molecule has 0 atom stereocenters. The van der Waals surface area contributed by atoms with Crippen molar-refractivity contribution in [3.63, 3.8) is 0 Å². The summed E-state index contributed by atoms with van der Waals surface area (Å²) in [6, 6.07) is 9.83. The van der Waals surface area contributed by atoms with Crippen molar-refractivity contribution in [3.05, 3.63) is 35.9 Å². The standard InChI is InChI=1S/C17H23NO2/c1-17(2,3)15(13-9-5-4-6-10-13)18-16(19)20-14-11-7-8-12-14/h4-6,9-10,14H,7-8,11-12H2,1-3H3/b18-15+. The Morgan fingerprint density at radius 1 is 1.15 bits per heavy atom. The number of carbonyl (C=O) groups excluding carboxylic acids is 1. The number of ether oxygens (including phenoxy) is 1. The summed E-state index contributed by atoms with van der Waals surface area (Å²) in [5, 5.41) is 0. The van der Waals surface area contributed by atoms with Crippen molar-refractivity contribution in [2.45, 2.75) is 52.6 Å². The molecule has 2 rings (SSSR count). The Morgan fingerprint density at radius 3 is 2.30 bits per heavy atom. The third-order valence-corrected chi connectivity index (χ3v) is 3.53. The summed E-state index contributed by atoms with van der Waals surface area (Å²) in [6.07, 6.45) is 3.84. The third-order valence-electron chi connectivity index (χ3n) is 3.53. The van der Waals surface area contributed by atoms with E-state index in [-0.39, 0.29) is 11.5 Å². The zero-order chi connectivity index (χ0) is 14.6. The maximum absolute atomic E-state index is 12.0. The molecule has 1 saturated carbocycles. The summed E-state index contributed by atoms with van der Waals surface area (Å²) in [5.74, 6) is 0. The normalized spacial score (nSPS) is 17.2. The van der Waals surface area contributed by atoms with Crippen LogP contribution in [0, 0.1) is 5.41 Å². The Balaban J connectivity index is 2.18. The molecule has 1 amide bonds. The topological polar surface area (TPSA) is 38.7 Å². The van der Waals surface area contributed by atoms with E-state index >= 15 is 0 Å². The van der Waals surface area contributed by atoms with Gasteiger partial charge in [0.1, 0.15) is 6.10 Å². The molecule has 20 heavy (non-hydrogen) atoms. The van der Waals surface area contributed by atoms with Gasteiger partial charge in [0, 0.05) is 5.41 Å². The molecule has 0 N–H and O–H groups in total. The van der Waals surface area contributed by atoms with Crippen molar-refractivity contribution in [1.29, 1.82) is 0 Å². The van der Waals surface area contributed by atoms with Crippen molar-refractivity contribution < 1.29 is 9.53 Å². The Bertz CT molecular complexity index is 479. The molecule has 0 radical (unpaired) electrons. The molecule has 3 heteroatoms. The predicted molar refractivity (Wildman–Crippen MR) is 81.2 cm³/mol. The number of rotatable bonds is 2. The average Bonchev–Trinajstić information content (AvgIpc) is 2.88. The largest absolute Gasteiger partial charge is 0.445 e. The summed E-state index contributed by atoms with van der Waals surface area (Å²) in [7, 11) is 0. The van der Waals surface area contributed by atoms with Crippen LogP contribution in [0.4, 0.5) is 4.79 Å². The van der Waals surface area contributed by atoms with Gasteiger partial charge in [0.05, 0.1) is 5.71 Å². The van der Waals surface area contributed by atoms with Crippen molar-refractivity contribution in [1.82, 2.24) is 0 Å². The molecule has 1 aliphatic carbocycles. The summed E-state index contributed by atoms with van der Waals surface area (Å²) < 4.78 is 5.43. The SMILES string of the molecule is CC(C)(C)/C(=N/C(=O)OC1CCCC1)c1ccccc1. The number of nitrogens with zero attached hydrogens (tertiary/aromatic N) is 1. The highest BCUT2D eigenvalue weighted by Gasteiger charge is 2.24. The number of benzene rings is 1. The first-order valence-corrected chi connectivity index (χ1v) is 7.32. The fourth-order valence-corrected chi connectivity index (χ4v) is 2.53. The van der Waals surface area contributed by atoms with E-state index in [0.29, 0.717) is 0 Å². The molecule has 0 spiro atoms. The fraction of sp³-hybridized carbons (Fsp3) is 0.529. The molecular weight excluding hydrogens is 250 g/mol. The first kappa shape index (κ1) is 14.8. The van der Waals surface area contributed by atoms with Crippen molar-refractivity contribution in [3.8, 4) is 0 Å². The fourth-order valence-electron chi connectivity index (χ4n) is 2.53. The maximum Gasteiger partial charge on any atom is 0.434 e. The molecule has 108 valence electrons. The van der Waals surface area contributed by atoms with Crippen LogP contribution < -0.4 is 0 Å². The number of hydrogen-bond donors (Lipinski definition) is 0. The molecule has 0 aromatic heterocycles. The Hall–Kier alpha value is -1.64. The van der Waals surface area contributed by atoms with E-state index in [0.717, 1.165) is 37.0 Å². The van der Waals surface area contributed by atoms with E-state index in [1.54, 1.807) is 0 Å². The van der Waals surface area contributed by atoms with Crippen molar-refractivity contribution in [2.75, 3.05) is 0 Å². The first-order chi connectivity index (χ1) is 9.47. The van der Waals surface area contributed by atoms with Crippen LogP contribution in [0.3, 0.4) is 0 Å². The molecular formula is C17H23NO2. The Labute approximate surface area is 121 Å². The Morgan fingerprint density at radius 2 is 1.75 bits per heavy atom. The summed E-state index contributed by atoms with van der Waals surface area (Å²) in [5.41, 5.74) is 1.56. The van der Waals surface area contributed by atoms with Gasteiger partial charge in [-0.25, -0.2) is 4.79 Å². The summed E-state index contributed by atoms with van der Waals surface area (Å²) >= 11 is 0. The van der Waals surface area contributed by atoms with Gasteiger partial charge in [-0.2, -0.15) is 4.99 Å². The molecule has 0 heterocycles. The maximum atomic E-state index is 12.0. The zero-order valence-electron chi connectivity index (χ0n) is 12.6. The molecule has 0 aliphatic heterocycles. The number of amides is 1. The molecule has 0 unspecified atom stereocenters. The molecule has 0 saturated heterocycles. The van der Waals surface area contributed by atoms with Crippen LogP contribution in [0.5, 0.6) is 0 Å². The van der Waals surface area contributed by atoms with E-state index < -0.39 is 6.09 Å². The van der Waals surface area contributed by atoms with Gasteiger partial charge in [0.25, 0.3) is 0 Å². The minimum Gasteiger partial charge on any atom is -0.445 e. The number of carbonyl (C=O) groups is 1. The highest BCUT2D eigenvalue weighted by atomic mass is 16.6.